The van der Waals surface area contributed by atoms with Crippen LogP contribution in [0.25, 0.3) is 5.69 Å². The van der Waals surface area contributed by atoms with Gasteiger partial charge in [0.05, 0.1) is 29.6 Å². The molecule has 2 N–H and O–H groups in total. The lowest BCUT2D eigenvalue weighted by Gasteiger charge is -2.22. The van der Waals surface area contributed by atoms with Crippen LogP contribution >= 0.6 is 11.6 Å². The molecule has 6 nitrogen and oxygen atoms in total. The van der Waals surface area contributed by atoms with Crippen molar-refractivity contribution in [3.05, 3.63) is 46.7 Å². The Bertz CT molecular complexity index is 729. The Kier molecular flexibility index (Phi) is 4.89. The highest BCUT2D eigenvalue weighted by Gasteiger charge is 2.35. The van der Waals surface area contributed by atoms with E-state index in [4.69, 9.17) is 11.6 Å². The highest BCUT2D eigenvalue weighted by atomic mass is 35.5. The lowest BCUT2D eigenvalue weighted by Crippen LogP contribution is -2.38. The summed E-state index contributed by atoms with van der Waals surface area (Å²) in [6, 6.07) is 6.94. The fourth-order valence-electron chi connectivity index (χ4n) is 3.12. The number of carbonyl (C=O) groups excluding carboxylic acids is 1. The third-order valence-electron chi connectivity index (χ3n) is 4.45. The zero-order valence-corrected chi connectivity index (χ0v) is 14.1. The third kappa shape index (κ3) is 3.17. The summed E-state index contributed by atoms with van der Waals surface area (Å²) in [5, 5.41) is 23.9. The SMILES string of the molecule is Cc1nn(-c2ccc(Cl)cc2)cc1C(=O)N1CC(CO)CC1CO. The molecule has 1 fully saturated rings. The number of aromatic nitrogens is 2. The number of halogens is 1. The molecule has 2 unspecified atom stereocenters. The van der Waals surface area contributed by atoms with Crippen LogP contribution < -0.4 is 0 Å². The van der Waals surface area contributed by atoms with E-state index < -0.39 is 0 Å². The number of hydrogen-bond acceptors (Lipinski definition) is 4. The maximum absolute atomic E-state index is 12.9. The number of aryl methyl sites for hydroxylation is 1. The Hall–Kier alpha value is -1.89. The van der Waals surface area contributed by atoms with Gasteiger partial charge in [0, 0.05) is 30.3 Å². The van der Waals surface area contributed by atoms with Crippen molar-refractivity contribution in [2.75, 3.05) is 19.8 Å². The van der Waals surface area contributed by atoms with E-state index in [1.165, 1.54) is 0 Å². The molecule has 7 heteroatoms. The summed E-state index contributed by atoms with van der Waals surface area (Å²) in [6.07, 6.45) is 2.31. The number of aliphatic hydroxyl groups is 2. The van der Waals surface area contributed by atoms with Gasteiger partial charge in [-0.3, -0.25) is 4.79 Å². The lowest BCUT2D eigenvalue weighted by atomic mass is 10.1. The smallest absolute Gasteiger partial charge is 0.257 e. The second-order valence-corrected chi connectivity index (χ2v) is 6.56. The summed E-state index contributed by atoms with van der Waals surface area (Å²) in [7, 11) is 0. The Morgan fingerprint density at radius 1 is 1.29 bits per heavy atom. The number of aliphatic hydroxyl groups excluding tert-OH is 2. The molecular formula is C17H20ClN3O3. The van der Waals surface area contributed by atoms with Crippen LogP contribution in [0.5, 0.6) is 0 Å². The van der Waals surface area contributed by atoms with E-state index in [0.717, 1.165) is 5.69 Å². The summed E-state index contributed by atoms with van der Waals surface area (Å²) >= 11 is 5.90. The molecule has 3 rings (SSSR count). The lowest BCUT2D eigenvalue weighted by molar-refractivity contribution is 0.0672. The topological polar surface area (TPSA) is 78.6 Å². The molecule has 1 aromatic heterocycles. The van der Waals surface area contributed by atoms with Gasteiger partial charge in [0.1, 0.15) is 0 Å². The van der Waals surface area contributed by atoms with Crippen LogP contribution in [-0.2, 0) is 0 Å². The van der Waals surface area contributed by atoms with Gasteiger partial charge < -0.3 is 15.1 Å². The maximum Gasteiger partial charge on any atom is 0.257 e. The van der Waals surface area contributed by atoms with E-state index in [1.54, 1.807) is 34.8 Å². The molecule has 1 aliphatic rings. The van der Waals surface area contributed by atoms with Gasteiger partial charge in [-0.1, -0.05) is 11.6 Å². The first-order valence-corrected chi connectivity index (χ1v) is 8.26. The minimum atomic E-state index is -0.257. The standard InChI is InChI=1S/C17H20ClN3O3/c1-11-16(8-21(19-11)14-4-2-13(18)3-5-14)17(24)20-7-12(9-22)6-15(20)10-23/h2-5,8,12,15,22-23H,6-7,9-10H2,1H3. The summed E-state index contributed by atoms with van der Waals surface area (Å²) in [6.45, 7) is 2.15. The van der Waals surface area contributed by atoms with Gasteiger partial charge in [-0.15, -0.1) is 0 Å². The van der Waals surface area contributed by atoms with Gasteiger partial charge in [0.2, 0.25) is 0 Å². The van der Waals surface area contributed by atoms with E-state index in [-0.39, 0.29) is 31.1 Å². The van der Waals surface area contributed by atoms with Crippen molar-refractivity contribution in [3.63, 3.8) is 0 Å². The van der Waals surface area contributed by atoms with Crippen LogP contribution in [-0.4, -0.2) is 56.6 Å². The molecule has 0 saturated carbocycles. The number of benzene rings is 1. The molecule has 2 atom stereocenters. The second kappa shape index (κ2) is 6.93. The molecule has 2 aromatic rings. The second-order valence-electron chi connectivity index (χ2n) is 6.13. The Labute approximate surface area is 145 Å². The monoisotopic (exact) mass is 349 g/mol. The molecule has 0 spiro atoms. The number of carbonyl (C=O) groups is 1. The van der Waals surface area contributed by atoms with Crippen LogP contribution in [0, 0.1) is 12.8 Å². The Morgan fingerprint density at radius 3 is 2.62 bits per heavy atom. The molecule has 1 aliphatic heterocycles. The van der Waals surface area contributed by atoms with Crippen molar-refractivity contribution in [2.24, 2.45) is 5.92 Å². The van der Waals surface area contributed by atoms with Crippen molar-refractivity contribution in [1.82, 2.24) is 14.7 Å². The molecule has 0 bridgehead atoms. The van der Waals surface area contributed by atoms with Gasteiger partial charge >= 0.3 is 0 Å². The van der Waals surface area contributed by atoms with Gasteiger partial charge in [-0.2, -0.15) is 5.10 Å². The van der Waals surface area contributed by atoms with Gasteiger partial charge in [0.15, 0.2) is 0 Å². The van der Waals surface area contributed by atoms with Crippen LogP contribution in [0.15, 0.2) is 30.5 Å². The largest absolute Gasteiger partial charge is 0.396 e. The molecule has 1 aromatic carbocycles. The molecule has 0 radical (unpaired) electrons. The predicted molar refractivity (Wildman–Crippen MR) is 90.4 cm³/mol. The van der Waals surface area contributed by atoms with Crippen molar-refractivity contribution in [2.45, 2.75) is 19.4 Å². The normalized spacial score (nSPS) is 20.6. The van der Waals surface area contributed by atoms with Crippen molar-refractivity contribution in [1.29, 1.82) is 0 Å². The van der Waals surface area contributed by atoms with E-state index in [9.17, 15) is 15.0 Å². The third-order valence-corrected chi connectivity index (χ3v) is 4.70. The van der Waals surface area contributed by atoms with E-state index in [1.807, 2.05) is 12.1 Å². The Balaban J connectivity index is 1.87. The summed E-state index contributed by atoms with van der Waals surface area (Å²) in [4.78, 5) is 14.5. The zero-order chi connectivity index (χ0) is 17.3. The van der Waals surface area contributed by atoms with Crippen LogP contribution in [0.1, 0.15) is 22.5 Å². The predicted octanol–water partition coefficient (Wildman–Crippen LogP) is 1.65. The molecule has 128 valence electrons. The van der Waals surface area contributed by atoms with Gasteiger partial charge in [-0.25, -0.2) is 4.68 Å². The van der Waals surface area contributed by atoms with E-state index in [2.05, 4.69) is 5.10 Å². The van der Waals surface area contributed by atoms with Gasteiger partial charge in [0.25, 0.3) is 5.91 Å². The molecule has 0 aliphatic carbocycles. The molecular weight excluding hydrogens is 330 g/mol. The summed E-state index contributed by atoms with van der Waals surface area (Å²) in [5.41, 5.74) is 1.94. The average Bonchev–Trinajstić information content (AvgIpc) is 3.18. The molecule has 24 heavy (non-hydrogen) atoms. The molecule has 1 saturated heterocycles. The molecule has 2 heterocycles. The van der Waals surface area contributed by atoms with Crippen molar-refractivity contribution >= 4 is 17.5 Å². The van der Waals surface area contributed by atoms with Crippen molar-refractivity contribution in [3.8, 4) is 5.69 Å². The number of nitrogens with zero attached hydrogens (tertiary/aromatic N) is 3. The first-order chi connectivity index (χ1) is 11.5. The maximum atomic E-state index is 12.9. The first-order valence-electron chi connectivity index (χ1n) is 7.88. The summed E-state index contributed by atoms with van der Waals surface area (Å²) < 4.78 is 1.65. The highest BCUT2D eigenvalue weighted by molar-refractivity contribution is 6.30. The minimum absolute atomic E-state index is 0.0118. The van der Waals surface area contributed by atoms with Crippen molar-refractivity contribution < 1.29 is 15.0 Å². The molecule has 1 amide bonds. The van der Waals surface area contributed by atoms with Crippen LogP contribution in [0.2, 0.25) is 5.02 Å². The van der Waals surface area contributed by atoms with Crippen LogP contribution in [0.4, 0.5) is 0 Å². The van der Waals surface area contributed by atoms with E-state index in [0.29, 0.717) is 29.2 Å². The number of rotatable bonds is 4. The number of amides is 1. The van der Waals surface area contributed by atoms with Crippen LogP contribution in [0.3, 0.4) is 0 Å². The summed E-state index contributed by atoms with van der Waals surface area (Å²) in [5.74, 6) is -0.152. The van der Waals surface area contributed by atoms with E-state index >= 15 is 0 Å². The first kappa shape index (κ1) is 17.0. The average molecular weight is 350 g/mol. The van der Waals surface area contributed by atoms with Gasteiger partial charge in [-0.05, 0) is 37.6 Å². The number of likely N-dealkylation sites (tertiary alicyclic amines) is 1. The fourth-order valence-corrected chi connectivity index (χ4v) is 3.24. The highest BCUT2D eigenvalue weighted by Crippen LogP contribution is 2.26. The quantitative estimate of drug-likeness (QED) is 0.879. The minimum Gasteiger partial charge on any atom is -0.396 e. The number of hydrogen-bond donors (Lipinski definition) is 2. The zero-order valence-electron chi connectivity index (χ0n) is 13.4. The fraction of sp³-hybridized carbons (Fsp3) is 0.412. The Morgan fingerprint density at radius 2 is 2.00 bits per heavy atom.